The van der Waals surface area contributed by atoms with E-state index in [9.17, 15) is 39.6 Å². The number of alkyl halides is 4. The quantitative estimate of drug-likeness (QED) is 0.448. The van der Waals surface area contributed by atoms with Crippen LogP contribution in [0.15, 0.2) is 41.4 Å². The maximum atomic E-state index is 14.5. The van der Waals surface area contributed by atoms with Crippen LogP contribution in [-0.2, 0) is 26.0 Å². The van der Waals surface area contributed by atoms with Gasteiger partial charge in [-0.1, -0.05) is 0 Å². The molecule has 14 heteroatoms. The number of piperidine rings is 1. The summed E-state index contributed by atoms with van der Waals surface area (Å²) in [6.45, 7) is -0.125. The summed E-state index contributed by atoms with van der Waals surface area (Å²) >= 11 is 0. The first kappa shape index (κ1) is 28.3. The van der Waals surface area contributed by atoms with E-state index in [0.29, 0.717) is 5.82 Å². The van der Waals surface area contributed by atoms with E-state index in [4.69, 9.17) is 0 Å². The first-order valence-corrected chi connectivity index (χ1v) is 13.4. The topological polar surface area (TPSA) is 79.8 Å². The zero-order valence-electron chi connectivity index (χ0n) is 20.0. The Balaban J connectivity index is 1.41. The molecule has 2 atom stereocenters. The molecule has 2 fully saturated rings. The first-order chi connectivity index (χ1) is 17.8. The highest BCUT2D eigenvalue weighted by Gasteiger charge is 2.43. The van der Waals surface area contributed by atoms with Crippen molar-refractivity contribution in [2.45, 2.75) is 61.7 Å². The SMILES string of the molecule is O=C(CCc1cc(N2CCC(OC(F)(F)F)CC2)ncc1F)[C@@H]1C[C@@H](F)CN1S(=O)(=O)c1ccc(F)cc1. The van der Waals surface area contributed by atoms with Gasteiger partial charge in [-0.05, 0) is 55.2 Å². The van der Waals surface area contributed by atoms with E-state index in [-0.39, 0.29) is 55.7 Å². The first-order valence-electron chi connectivity index (χ1n) is 11.9. The van der Waals surface area contributed by atoms with E-state index < -0.39 is 58.7 Å². The third kappa shape index (κ3) is 6.64. The fourth-order valence-electron chi connectivity index (χ4n) is 4.70. The van der Waals surface area contributed by atoms with E-state index in [0.717, 1.165) is 34.8 Å². The van der Waals surface area contributed by atoms with Crippen molar-refractivity contribution >= 4 is 21.6 Å². The number of hydrogen-bond acceptors (Lipinski definition) is 6. The fraction of sp³-hybridized carbons (Fsp3) is 0.500. The molecule has 208 valence electrons. The third-order valence-corrected chi connectivity index (χ3v) is 8.51. The average molecular weight is 566 g/mol. The van der Waals surface area contributed by atoms with Gasteiger partial charge < -0.3 is 4.90 Å². The van der Waals surface area contributed by atoms with Crippen molar-refractivity contribution in [2.75, 3.05) is 24.5 Å². The predicted octanol–water partition coefficient (Wildman–Crippen LogP) is 4.17. The normalized spacial score (nSPS) is 21.7. The minimum Gasteiger partial charge on any atom is -0.356 e. The smallest absolute Gasteiger partial charge is 0.356 e. The number of nitrogens with zero attached hydrogens (tertiary/aromatic N) is 3. The lowest BCUT2D eigenvalue weighted by atomic mass is 10.0. The number of carbonyl (C=O) groups is 1. The van der Waals surface area contributed by atoms with Crippen LogP contribution in [0.2, 0.25) is 0 Å². The lowest BCUT2D eigenvalue weighted by Crippen LogP contribution is -2.40. The molecule has 4 rings (SSSR count). The van der Waals surface area contributed by atoms with Crippen molar-refractivity contribution in [1.29, 1.82) is 0 Å². The van der Waals surface area contributed by atoms with Crippen molar-refractivity contribution in [1.82, 2.24) is 9.29 Å². The number of pyridine rings is 1. The molecule has 0 amide bonds. The molecule has 2 aromatic rings. The molecule has 7 nitrogen and oxygen atoms in total. The number of ketones is 1. The Morgan fingerprint density at radius 3 is 2.39 bits per heavy atom. The standard InChI is InChI=1S/C24H25F6N3O4S/c25-16-2-4-19(5-3-16)38(35,36)33-14-17(26)12-21(33)22(34)6-1-15-11-23(31-13-20(15)27)32-9-7-18(8-10-32)37-24(28,29)30/h2-5,11,13,17-18,21H,1,6-10,12,14H2/t17-,21+/m1/s1. The van der Waals surface area contributed by atoms with Gasteiger partial charge in [-0.2, -0.15) is 4.31 Å². The lowest BCUT2D eigenvalue weighted by Gasteiger charge is -2.33. The molecule has 0 radical (unpaired) electrons. The highest BCUT2D eigenvalue weighted by Crippen LogP contribution is 2.30. The van der Waals surface area contributed by atoms with Gasteiger partial charge in [-0.3, -0.25) is 9.53 Å². The minimum atomic E-state index is -4.73. The van der Waals surface area contributed by atoms with E-state index >= 15 is 0 Å². The molecular formula is C24H25F6N3O4S. The number of hydrogen-bond donors (Lipinski definition) is 0. The molecule has 2 aliphatic rings. The van der Waals surface area contributed by atoms with Crippen molar-refractivity contribution < 1.29 is 44.3 Å². The van der Waals surface area contributed by atoms with Crippen molar-refractivity contribution in [3.05, 3.63) is 53.7 Å². The van der Waals surface area contributed by atoms with Gasteiger partial charge in [0, 0.05) is 32.5 Å². The lowest BCUT2D eigenvalue weighted by molar-refractivity contribution is -0.344. The summed E-state index contributed by atoms with van der Waals surface area (Å²) in [5, 5.41) is 0. The van der Waals surface area contributed by atoms with Gasteiger partial charge in [0.1, 0.15) is 23.6 Å². The molecule has 1 aromatic heterocycles. The van der Waals surface area contributed by atoms with E-state index in [1.807, 2.05) is 0 Å². The summed E-state index contributed by atoms with van der Waals surface area (Å²) in [7, 11) is -4.28. The van der Waals surface area contributed by atoms with Crippen molar-refractivity contribution in [3.63, 3.8) is 0 Å². The Bertz CT molecular complexity index is 1250. The van der Waals surface area contributed by atoms with Gasteiger partial charge in [0.15, 0.2) is 5.78 Å². The largest absolute Gasteiger partial charge is 0.522 e. The number of ether oxygens (including phenoxy) is 1. The molecule has 1 aromatic carbocycles. The fourth-order valence-corrected chi connectivity index (χ4v) is 6.35. The number of rotatable bonds is 8. The zero-order valence-corrected chi connectivity index (χ0v) is 20.8. The Morgan fingerprint density at radius 1 is 1.11 bits per heavy atom. The van der Waals surface area contributed by atoms with Crippen LogP contribution in [-0.4, -0.2) is 67.8 Å². The van der Waals surface area contributed by atoms with Crippen LogP contribution >= 0.6 is 0 Å². The number of anilines is 1. The second kappa shape index (κ2) is 11.2. The minimum absolute atomic E-state index is 0.0941. The molecule has 0 saturated carbocycles. The molecule has 0 N–H and O–H groups in total. The third-order valence-electron chi connectivity index (χ3n) is 6.62. The van der Waals surface area contributed by atoms with Gasteiger partial charge in [-0.15, -0.1) is 13.2 Å². The predicted molar refractivity (Wildman–Crippen MR) is 123 cm³/mol. The molecule has 0 unspecified atom stereocenters. The summed E-state index contributed by atoms with van der Waals surface area (Å²) < 4.78 is 110. The summed E-state index contributed by atoms with van der Waals surface area (Å²) in [5.74, 6) is -1.63. The van der Waals surface area contributed by atoms with E-state index in [1.165, 1.54) is 6.07 Å². The van der Waals surface area contributed by atoms with Crippen LogP contribution in [0.25, 0.3) is 0 Å². The van der Waals surface area contributed by atoms with Crippen molar-refractivity contribution in [2.24, 2.45) is 0 Å². The second-order valence-electron chi connectivity index (χ2n) is 9.23. The van der Waals surface area contributed by atoms with Crippen LogP contribution in [0.1, 0.15) is 31.2 Å². The number of Topliss-reactive ketones (excluding diaryl/α,β-unsaturated/α-hetero) is 1. The van der Waals surface area contributed by atoms with Crippen molar-refractivity contribution in [3.8, 4) is 0 Å². The van der Waals surface area contributed by atoms with Gasteiger partial charge in [0.05, 0.1) is 23.2 Å². The highest BCUT2D eigenvalue weighted by atomic mass is 32.2. The molecule has 3 heterocycles. The molecule has 0 spiro atoms. The van der Waals surface area contributed by atoms with E-state index in [2.05, 4.69) is 9.72 Å². The average Bonchev–Trinajstić information content (AvgIpc) is 3.26. The van der Waals surface area contributed by atoms with Crippen LogP contribution in [0.5, 0.6) is 0 Å². The van der Waals surface area contributed by atoms with Crippen LogP contribution < -0.4 is 4.90 Å². The molecule has 2 saturated heterocycles. The monoisotopic (exact) mass is 565 g/mol. The molecular weight excluding hydrogens is 540 g/mol. The number of sulfonamides is 1. The zero-order chi connectivity index (χ0) is 27.7. The number of halogens is 6. The maximum absolute atomic E-state index is 14.5. The Hall–Kier alpha value is -2.71. The number of aryl methyl sites for hydroxylation is 1. The maximum Gasteiger partial charge on any atom is 0.522 e. The van der Waals surface area contributed by atoms with Crippen LogP contribution in [0.4, 0.5) is 32.2 Å². The summed E-state index contributed by atoms with van der Waals surface area (Å²) in [6.07, 6.45) is -6.90. The van der Waals surface area contributed by atoms with Gasteiger partial charge in [0.2, 0.25) is 10.0 Å². The van der Waals surface area contributed by atoms with Gasteiger partial charge in [0.25, 0.3) is 0 Å². The number of aromatic nitrogens is 1. The number of benzene rings is 1. The Morgan fingerprint density at radius 2 is 1.76 bits per heavy atom. The molecule has 0 bridgehead atoms. The van der Waals surface area contributed by atoms with Gasteiger partial charge >= 0.3 is 6.36 Å². The summed E-state index contributed by atoms with van der Waals surface area (Å²) in [5.41, 5.74) is 0.111. The molecule has 38 heavy (non-hydrogen) atoms. The molecule has 2 aliphatic heterocycles. The van der Waals surface area contributed by atoms with Gasteiger partial charge in [-0.25, -0.2) is 26.6 Å². The summed E-state index contributed by atoms with van der Waals surface area (Å²) in [4.78, 5) is 18.4. The molecule has 0 aliphatic carbocycles. The Labute approximate surface area is 215 Å². The van der Waals surface area contributed by atoms with Crippen LogP contribution in [0, 0.1) is 11.6 Å². The van der Waals surface area contributed by atoms with Crippen LogP contribution in [0.3, 0.4) is 0 Å². The van der Waals surface area contributed by atoms with E-state index in [1.54, 1.807) is 4.90 Å². The second-order valence-corrected chi connectivity index (χ2v) is 11.1. The summed E-state index contributed by atoms with van der Waals surface area (Å²) in [6, 6.07) is 4.06. The number of carbonyl (C=O) groups excluding carboxylic acids is 1. The highest BCUT2D eigenvalue weighted by molar-refractivity contribution is 7.89. The Kier molecular flexibility index (Phi) is 8.33.